The maximum Gasteiger partial charge on any atom is 0.469 e. The zero-order valence-electron chi connectivity index (χ0n) is 21.9. The van der Waals surface area contributed by atoms with Crippen molar-refractivity contribution in [2.45, 2.75) is 103 Å². The van der Waals surface area contributed by atoms with Gasteiger partial charge in [-0.3, -0.25) is 18.9 Å². The molecule has 0 unspecified atom stereocenters. The van der Waals surface area contributed by atoms with E-state index >= 15 is 0 Å². The molecule has 208 valence electrons. The lowest BCUT2D eigenvalue weighted by molar-refractivity contribution is -0.0451. The molecule has 0 spiro atoms. The molecule has 0 bridgehead atoms. The topological polar surface area (TPSA) is 172 Å². The number of hydrogen-bond acceptors (Lipinski definition) is 8. The van der Waals surface area contributed by atoms with Crippen molar-refractivity contribution in [1.29, 1.82) is 0 Å². The fourth-order valence-electron chi connectivity index (χ4n) is 4.53. The Bertz CT molecular complexity index is 976. The normalized spacial score (nSPS) is 26.9. The Balaban J connectivity index is 0.000000248. The summed E-state index contributed by atoms with van der Waals surface area (Å²) in [5, 5.41) is 13.4. The van der Waals surface area contributed by atoms with Crippen LogP contribution in [0.3, 0.4) is 0 Å². The van der Waals surface area contributed by atoms with Gasteiger partial charge in [-0.2, -0.15) is 0 Å². The molecule has 3 saturated heterocycles. The number of aromatic nitrogens is 2. The third-order valence-electron chi connectivity index (χ3n) is 6.17. The highest BCUT2D eigenvalue weighted by atomic mass is 31.2. The van der Waals surface area contributed by atoms with E-state index in [2.05, 4.69) is 42.5 Å². The van der Waals surface area contributed by atoms with Gasteiger partial charge in [0.15, 0.2) is 0 Å². The van der Waals surface area contributed by atoms with E-state index in [4.69, 9.17) is 19.3 Å². The van der Waals surface area contributed by atoms with E-state index < -0.39 is 44.1 Å². The Morgan fingerprint density at radius 2 is 1.69 bits per heavy atom. The van der Waals surface area contributed by atoms with Gasteiger partial charge in [-0.05, 0) is 66.7 Å². The van der Waals surface area contributed by atoms with E-state index in [0.717, 1.165) is 17.8 Å². The van der Waals surface area contributed by atoms with Crippen molar-refractivity contribution in [2.24, 2.45) is 0 Å². The van der Waals surface area contributed by atoms with Crippen molar-refractivity contribution in [1.82, 2.24) is 14.9 Å². The standard InChI is InChI=1S/C10H15N2O8P.C9H19N.C4H8O/c1-5-3-12(10(15)11-9(5)14)8-2-6(13)7(20-8)4-19-21(16,17)18;1-8(2)6-5-7-9(3,4)10-8;1-2-4-5-3-1/h3,6-8,13H,2,4H2,1H3,(H,11,14,15)(H2,16,17,18);10H,5-7H2,1-4H3;1-4H2/t6-,7+,8+;;/m0../s1. The van der Waals surface area contributed by atoms with Crippen LogP contribution in [-0.2, 0) is 18.6 Å². The van der Waals surface area contributed by atoms with Crippen LogP contribution in [0.4, 0.5) is 0 Å². The number of aromatic amines is 1. The second-order valence-corrected chi connectivity index (χ2v) is 12.0. The van der Waals surface area contributed by atoms with Crippen LogP contribution in [0.15, 0.2) is 15.8 Å². The van der Waals surface area contributed by atoms with Gasteiger partial charge in [0, 0.05) is 42.5 Å². The van der Waals surface area contributed by atoms with Crippen molar-refractivity contribution in [2.75, 3.05) is 19.8 Å². The molecule has 4 rings (SSSR count). The van der Waals surface area contributed by atoms with Crippen molar-refractivity contribution in [3.8, 4) is 0 Å². The Morgan fingerprint density at radius 1 is 1.11 bits per heavy atom. The van der Waals surface area contributed by atoms with Crippen molar-refractivity contribution >= 4 is 7.82 Å². The summed E-state index contributed by atoms with van der Waals surface area (Å²) in [5.41, 5.74) is -0.193. The molecule has 5 N–H and O–H groups in total. The number of phosphoric ester groups is 1. The van der Waals surface area contributed by atoms with Crippen LogP contribution in [0, 0.1) is 6.92 Å². The van der Waals surface area contributed by atoms with E-state index in [1.165, 1.54) is 45.2 Å². The zero-order valence-corrected chi connectivity index (χ0v) is 22.8. The molecule has 13 heteroatoms. The highest BCUT2D eigenvalue weighted by Gasteiger charge is 2.37. The van der Waals surface area contributed by atoms with Crippen LogP contribution < -0.4 is 16.6 Å². The van der Waals surface area contributed by atoms with Crippen LogP contribution in [-0.4, -0.2) is 67.6 Å². The lowest BCUT2D eigenvalue weighted by Crippen LogP contribution is -2.55. The lowest BCUT2D eigenvalue weighted by atomic mass is 9.83. The molecule has 0 saturated carbocycles. The first kappa shape index (κ1) is 30.9. The van der Waals surface area contributed by atoms with Crippen LogP contribution in [0.1, 0.15) is 78.0 Å². The third-order valence-corrected chi connectivity index (χ3v) is 6.66. The molecule has 0 aliphatic carbocycles. The minimum absolute atomic E-state index is 0.0283. The number of nitrogens with zero attached hydrogens (tertiary/aromatic N) is 1. The van der Waals surface area contributed by atoms with Crippen LogP contribution in [0.5, 0.6) is 0 Å². The maximum absolute atomic E-state index is 11.7. The molecule has 36 heavy (non-hydrogen) atoms. The number of phosphoric acid groups is 1. The monoisotopic (exact) mass is 535 g/mol. The number of ether oxygens (including phenoxy) is 2. The second-order valence-electron chi connectivity index (χ2n) is 10.8. The van der Waals surface area contributed by atoms with E-state index in [1.807, 2.05) is 0 Å². The first-order chi connectivity index (χ1) is 16.6. The number of hydrogen-bond donors (Lipinski definition) is 5. The average Bonchev–Trinajstić information content (AvgIpc) is 3.41. The summed E-state index contributed by atoms with van der Waals surface area (Å²) >= 11 is 0. The zero-order chi connectivity index (χ0) is 27.1. The number of aryl methyl sites for hydroxylation is 1. The summed E-state index contributed by atoms with van der Waals surface area (Å²) in [6.45, 7) is 12.1. The van der Waals surface area contributed by atoms with Gasteiger partial charge in [0.1, 0.15) is 12.3 Å². The SMILES string of the molecule is C1CCOC1.CC1(C)CCCC(C)(C)N1.Cc1cn([C@H]2C[C@H](O)[C@@H](COP(=O)(O)O)O2)c(=O)[nH]c1=O. The van der Waals surface area contributed by atoms with Gasteiger partial charge in [0.25, 0.3) is 5.56 Å². The Morgan fingerprint density at radius 3 is 2.14 bits per heavy atom. The number of aliphatic hydroxyl groups is 1. The number of H-pyrrole nitrogens is 1. The van der Waals surface area contributed by atoms with Gasteiger partial charge in [0.05, 0.1) is 12.7 Å². The van der Waals surface area contributed by atoms with Crippen LogP contribution in [0.2, 0.25) is 0 Å². The fourth-order valence-corrected chi connectivity index (χ4v) is 4.87. The summed E-state index contributed by atoms with van der Waals surface area (Å²) in [7, 11) is -4.67. The molecule has 3 aliphatic rings. The molecule has 12 nitrogen and oxygen atoms in total. The molecule has 0 radical (unpaired) electrons. The Hall–Kier alpha value is -1.37. The van der Waals surface area contributed by atoms with Crippen LogP contribution >= 0.6 is 7.82 Å². The summed E-state index contributed by atoms with van der Waals surface area (Å²) in [5.74, 6) is 0. The van der Waals surface area contributed by atoms with Gasteiger partial charge >= 0.3 is 13.5 Å². The van der Waals surface area contributed by atoms with E-state index in [9.17, 15) is 19.3 Å². The fraction of sp³-hybridized carbons (Fsp3) is 0.826. The van der Waals surface area contributed by atoms with E-state index in [0.29, 0.717) is 16.6 Å². The predicted octanol–water partition coefficient (Wildman–Crippen LogP) is 1.72. The first-order valence-corrected chi connectivity index (χ1v) is 13.8. The highest BCUT2D eigenvalue weighted by Crippen LogP contribution is 2.38. The van der Waals surface area contributed by atoms with Gasteiger partial charge in [-0.25, -0.2) is 9.36 Å². The van der Waals surface area contributed by atoms with Crippen molar-refractivity contribution in [3.63, 3.8) is 0 Å². The number of piperidine rings is 1. The second kappa shape index (κ2) is 12.9. The smallest absolute Gasteiger partial charge is 0.390 e. The Kier molecular flexibility index (Phi) is 11.1. The summed E-state index contributed by atoms with van der Waals surface area (Å²) < 4.78 is 26.3. The van der Waals surface area contributed by atoms with Gasteiger partial charge in [-0.15, -0.1) is 0 Å². The van der Waals surface area contributed by atoms with Crippen LogP contribution in [0.25, 0.3) is 0 Å². The maximum atomic E-state index is 11.7. The number of rotatable bonds is 4. The van der Waals surface area contributed by atoms with E-state index in [-0.39, 0.29) is 6.42 Å². The number of nitrogens with one attached hydrogen (secondary N) is 2. The van der Waals surface area contributed by atoms with E-state index in [1.54, 1.807) is 0 Å². The first-order valence-electron chi connectivity index (χ1n) is 12.3. The molecule has 1 aromatic heterocycles. The minimum atomic E-state index is -4.67. The van der Waals surface area contributed by atoms with Crippen molar-refractivity contribution in [3.05, 3.63) is 32.6 Å². The largest absolute Gasteiger partial charge is 0.469 e. The Labute approximate surface area is 211 Å². The molecular formula is C23H42N3O9P. The summed E-state index contributed by atoms with van der Waals surface area (Å²) in [4.78, 5) is 42.3. The summed E-state index contributed by atoms with van der Waals surface area (Å²) in [6, 6.07) is 0. The predicted molar refractivity (Wildman–Crippen MR) is 134 cm³/mol. The third kappa shape index (κ3) is 10.5. The molecule has 0 amide bonds. The molecular weight excluding hydrogens is 493 g/mol. The van der Waals surface area contributed by atoms with Gasteiger partial charge in [0.2, 0.25) is 0 Å². The molecule has 1 aromatic rings. The minimum Gasteiger partial charge on any atom is -0.390 e. The quantitative estimate of drug-likeness (QED) is 0.357. The van der Waals surface area contributed by atoms with Crippen molar-refractivity contribution < 1.29 is 33.5 Å². The van der Waals surface area contributed by atoms with Gasteiger partial charge < -0.3 is 29.7 Å². The van der Waals surface area contributed by atoms with Gasteiger partial charge in [-0.1, -0.05) is 0 Å². The lowest BCUT2D eigenvalue weighted by Gasteiger charge is -2.42. The molecule has 3 atom stereocenters. The molecule has 4 heterocycles. The number of aliphatic hydroxyl groups excluding tert-OH is 1. The molecule has 0 aromatic carbocycles. The molecule has 3 aliphatic heterocycles. The average molecular weight is 536 g/mol. The highest BCUT2D eigenvalue weighted by molar-refractivity contribution is 7.46. The molecule has 3 fully saturated rings. The summed E-state index contributed by atoms with van der Waals surface area (Å²) in [6.07, 6.45) is 4.99.